The van der Waals surface area contributed by atoms with Crippen molar-refractivity contribution in [2.75, 3.05) is 52.4 Å². The number of hydrogen-bond donors (Lipinski definition) is 2. The van der Waals surface area contributed by atoms with E-state index in [9.17, 15) is 9.90 Å². The lowest BCUT2D eigenvalue weighted by molar-refractivity contribution is -0.116. The Balaban J connectivity index is 1.35. The van der Waals surface area contributed by atoms with Crippen LogP contribution in [0.2, 0.25) is 0 Å². The predicted octanol–water partition coefficient (Wildman–Crippen LogP) is 2.17. The number of carbonyl (C=O) groups is 1. The van der Waals surface area contributed by atoms with Crippen LogP contribution in [-0.4, -0.2) is 89.4 Å². The zero-order valence-corrected chi connectivity index (χ0v) is 17.8. The van der Waals surface area contributed by atoms with Crippen LogP contribution in [0.4, 0.5) is 0 Å². The molecule has 1 aromatic heterocycles. The van der Waals surface area contributed by atoms with Crippen LogP contribution in [0.25, 0.3) is 10.9 Å². The van der Waals surface area contributed by atoms with Gasteiger partial charge >= 0.3 is 0 Å². The summed E-state index contributed by atoms with van der Waals surface area (Å²) in [5.74, 6) is 0.0206. The van der Waals surface area contributed by atoms with Crippen molar-refractivity contribution in [3.05, 3.63) is 53.4 Å². The molecule has 1 aromatic carbocycles. The number of nitrogens with zero attached hydrogens (tertiary/aromatic N) is 4. The summed E-state index contributed by atoms with van der Waals surface area (Å²) in [6.45, 7) is 6.21. The van der Waals surface area contributed by atoms with Gasteiger partial charge in [0.2, 0.25) is 0 Å². The van der Waals surface area contributed by atoms with Gasteiger partial charge in [0.1, 0.15) is 5.76 Å². The van der Waals surface area contributed by atoms with E-state index in [4.69, 9.17) is 5.11 Å². The Hall–Kier alpha value is -2.61. The minimum Gasteiger partial charge on any atom is -0.511 e. The van der Waals surface area contributed by atoms with Crippen molar-refractivity contribution in [1.29, 1.82) is 0 Å². The van der Waals surface area contributed by atoms with Crippen LogP contribution in [-0.2, 0) is 4.79 Å². The molecule has 164 valence electrons. The molecule has 0 radical (unpaired) electrons. The molecule has 4 rings (SSSR count). The van der Waals surface area contributed by atoms with Crippen LogP contribution in [0.1, 0.15) is 24.3 Å². The molecule has 7 heteroatoms. The number of benzene rings is 1. The molecular formula is C24H30N4O3. The van der Waals surface area contributed by atoms with Gasteiger partial charge in [-0.05, 0) is 23.6 Å². The van der Waals surface area contributed by atoms with Gasteiger partial charge in [-0.15, -0.1) is 0 Å². The number of aliphatic hydroxyl groups is 2. The molecule has 1 unspecified atom stereocenters. The first-order valence-electron chi connectivity index (χ1n) is 11.0. The van der Waals surface area contributed by atoms with Gasteiger partial charge in [0, 0.05) is 69.9 Å². The number of β-amino-alcohol motifs (C(OH)–C–C–N with tert-alkyl or cyclic N) is 1. The maximum absolute atomic E-state index is 12.8. The van der Waals surface area contributed by atoms with Gasteiger partial charge in [0.15, 0.2) is 5.78 Å². The van der Waals surface area contributed by atoms with E-state index < -0.39 is 0 Å². The molecule has 0 saturated carbocycles. The maximum atomic E-state index is 12.8. The van der Waals surface area contributed by atoms with Crippen molar-refractivity contribution in [3.63, 3.8) is 0 Å². The van der Waals surface area contributed by atoms with Crippen molar-refractivity contribution in [2.24, 2.45) is 4.99 Å². The van der Waals surface area contributed by atoms with Gasteiger partial charge in [-0.2, -0.15) is 0 Å². The van der Waals surface area contributed by atoms with E-state index in [2.05, 4.69) is 19.8 Å². The third kappa shape index (κ3) is 5.18. The number of carbonyl (C=O) groups excluding carboxylic acids is 1. The number of pyridine rings is 1. The Morgan fingerprint density at radius 2 is 1.84 bits per heavy atom. The van der Waals surface area contributed by atoms with E-state index in [1.807, 2.05) is 30.3 Å². The maximum Gasteiger partial charge on any atom is 0.168 e. The van der Waals surface area contributed by atoms with Crippen molar-refractivity contribution in [3.8, 4) is 0 Å². The van der Waals surface area contributed by atoms with E-state index in [1.54, 1.807) is 12.4 Å². The summed E-state index contributed by atoms with van der Waals surface area (Å²) in [6.07, 6.45) is 4.12. The third-order valence-electron chi connectivity index (χ3n) is 6.25. The van der Waals surface area contributed by atoms with Gasteiger partial charge in [-0.3, -0.25) is 24.6 Å². The number of aliphatic imine (C=N–C) groups is 1. The van der Waals surface area contributed by atoms with Crippen molar-refractivity contribution in [2.45, 2.75) is 18.8 Å². The summed E-state index contributed by atoms with van der Waals surface area (Å²) in [7, 11) is 0. The van der Waals surface area contributed by atoms with Crippen LogP contribution in [0, 0.1) is 0 Å². The topological polar surface area (TPSA) is 89.3 Å². The van der Waals surface area contributed by atoms with E-state index in [-0.39, 0.29) is 24.1 Å². The molecule has 0 bridgehead atoms. The molecule has 1 fully saturated rings. The molecule has 1 atom stereocenters. The predicted molar refractivity (Wildman–Crippen MR) is 122 cm³/mol. The third-order valence-corrected chi connectivity index (χ3v) is 6.25. The Kier molecular flexibility index (Phi) is 7.06. The Bertz CT molecular complexity index is 974. The van der Waals surface area contributed by atoms with Gasteiger partial charge in [-0.25, -0.2) is 0 Å². The average molecular weight is 423 g/mol. The highest BCUT2D eigenvalue weighted by atomic mass is 16.3. The molecule has 2 heterocycles. The van der Waals surface area contributed by atoms with Gasteiger partial charge in [0.05, 0.1) is 24.2 Å². The quantitative estimate of drug-likeness (QED) is 0.665. The molecule has 1 aliphatic heterocycles. The monoisotopic (exact) mass is 422 g/mol. The zero-order chi connectivity index (χ0) is 21.6. The van der Waals surface area contributed by atoms with Crippen molar-refractivity contribution < 1.29 is 15.0 Å². The SMILES string of the molecule is O=C1CC(c2cccc3ncccc23)CC(O)=C1C=NCCN1CCN(CCO)CC1. The molecule has 0 amide bonds. The molecule has 1 saturated heterocycles. The lowest BCUT2D eigenvalue weighted by Gasteiger charge is -2.33. The van der Waals surface area contributed by atoms with Crippen LogP contribution in [0.5, 0.6) is 0 Å². The summed E-state index contributed by atoms with van der Waals surface area (Å²) in [4.78, 5) is 26.2. The summed E-state index contributed by atoms with van der Waals surface area (Å²) in [5.41, 5.74) is 2.31. The van der Waals surface area contributed by atoms with E-state index in [0.717, 1.165) is 55.7 Å². The minimum absolute atomic E-state index is 0.0484. The average Bonchev–Trinajstić information content (AvgIpc) is 2.79. The Morgan fingerprint density at radius 1 is 1.06 bits per heavy atom. The number of allylic oxidation sites excluding steroid dienone is 2. The summed E-state index contributed by atoms with van der Waals surface area (Å²) >= 11 is 0. The summed E-state index contributed by atoms with van der Waals surface area (Å²) in [5, 5.41) is 20.6. The fourth-order valence-electron chi connectivity index (χ4n) is 4.49. The first-order chi connectivity index (χ1) is 15.2. The number of hydrogen-bond acceptors (Lipinski definition) is 7. The smallest absolute Gasteiger partial charge is 0.168 e. The number of piperazine rings is 1. The molecule has 0 spiro atoms. The number of aromatic nitrogens is 1. The number of fused-ring (bicyclic) bond motifs is 1. The van der Waals surface area contributed by atoms with Gasteiger partial charge < -0.3 is 10.2 Å². The highest BCUT2D eigenvalue weighted by molar-refractivity contribution is 6.14. The molecule has 31 heavy (non-hydrogen) atoms. The lowest BCUT2D eigenvalue weighted by atomic mass is 9.81. The van der Waals surface area contributed by atoms with Crippen LogP contribution in [0.3, 0.4) is 0 Å². The molecule has 2 N–H and O–H groups in total. The second kappa shape index (κ2) is 10.1. The second-order valence-corrected chi connectivity index (χ2v) is 8.25. The molecule has 7 nitrogen and oxygen atoms in total. The van der Waals surface area contributed by atoms with Crippen molar-refractivity contribution in [1.82, 2.24) is 14.8 Å². The molecule has 1 aliphatic carbocycles. The number of aliphatic hydroxyl groups excluding tert-OH is 2. The van der Waals surface area contributed by atoms with Crippen LogP contribution in [0.15, 0.2) is 52.9 Å². The molecule has 2 aliphatic rings. The molecule has 2 aromatic rings. The number of Topliss-reactive ketones (excluding diaryl/α,β-unsaturated/α-hetero) is 1. The first kappa shape index (κ1) is 21.6. The van der Waals surface area contributed by atoms with Crippen LogP contribution >= 0.6 is 0 Å². The summed E-state index contributed by atoms with van der Waals surface area (Å²) in [6, 6.07) is 9.86. The highest BCUT2D eigenvalue weighted by Gasteiger charge is 2.28. The van der Waals surface area contributed by atoms with E-state index >= 15 is 0 Å². The molecular weight excluding hydrogens is 392 g/mol. The second-order valence-electron chi connectivity index (χ2n) is 8.25. The lowest BCUT2D eigenvalue weighted by Crippen LogP contribution is -2.47. The number of rotatable bonds is 7. The normalized spacial score (nSPS) is 21.5. The number of ketones is 1. The van der Waals surface area contributed by atoms with E-state index in [0.29, 0.717) is 25.0 Å². The largest absolute Gasteiger partial charge is 0.511 e. The first-order valence-corrected chi connectivity index (χ1v) is 11.0. The van der Waals surface area contributed by atoms with Crippen LogP contribution < -0.4 is 0 Å². The fraction of sp³-hybridized carbons (Fsp3) is 0.458. The Morgan fingerprint density at radius 3 is 2.58 bits per heavy atom. The zero-order valence-electron chi connectivity index (χ0n) is 17.8. The highest BCUT2D eigenvalue weighted by Crippen LogP contribution is 2.36. The van der Waals surface area contributed by atoms with Gasteiger partial charge in [0.25, 0.3) is 0 Å². The minimum atomic E-state index is -0.0592. The standard InChI is InChI=1S/C24H30N4O3/c29-14-13-28-11-9-27(10-12-28)8-7-25-17-21-23(30)15-18(16-24(21)31)19-3-1-5-22-20(19)4-2-6-26-22/h1-6,17-18,29-30H,7-16H2. The van der Waals surface area contributed by atoms with Gasteiger partial charge in [-0.1, -0.05) is 18.2 Å². The van der Waals surface area contributed by atoms with E-state index in [1.165, 1.54) is 0 Å². The van der Waals surface area contributed by atoms with Crippen molar-refractivity contribution >= 4 is 22.9 Å². The Labute approximate surface area is 182 Å². The summed E-state index contributed by atoms with van der Waals surface area (Å²) < 4.78 is 0. The fourth-order valence-corrected chi connectivity index (χ4v) is 4.49.